The predicted molar refractivity (Wildman–Crippen MR) is 58.2 cm³/mol. The second-order valence-corrected chi connectivity index (χ2v) is 4.08. The van der Waals surface area contributed by atoms with Crippen LogP contribution < -0.4 is 0 Å². The molecule has 0 aliphatic carbocycles. The van der Waals surface area contributed by atoms with Crippen LogP contribution >= 0.6 is 23.2 Å². The highest BCUT2D eigenvalue weighted by molar-refractivity contribution is 6.35. The second-order valence-electron chi connectivity index (χ2n) is 3.24. The van der Waals surface area contributed by atoms with Crippen LogP contribution in [0.15, 0.2) is 18.2 Å². The van der Waals surface area contributed by atoms with Crippen molar-refractivity contribution in [3.63, 3.8) is 0 Å². The molecule has 5 heteroatoms. The van der Waals surface area contributed by atoms with Gasteiger partial charge in [0.1, 0.15) is 0 Å². The van der Waals surface area contributed by atoms with Gasteiger partial charge < -0.3 is 10.2 Å². The molecule has 0 saturated carbocycles. The number of hydrogen-bond acceptors (Lipinski definition) is 2. The summed E-state index contributed by atoms with van der Waals surface area (Å²) in [5.74, 6) is -1.99. The van der Waals surface area contributed by atoms with Crippen molar-refractivity contribution in [2.45, 2.75) is 13.0 Å². The first kappa shape index (κ1) is 12.3. The molecule has 0 amide bonds. The Hall–Kier alpha value is -0.770. The highest BCUT2D eigenvalue weighted by Crippen LogP contribution is 2.30. The summed E-state index contributed by atoms with van der Waals surface area (Å²) in [4.78, 5) is 10.7. The largest absolute Gasteiger partial charge is 0.481 e. The van der Waals surface area contributed by atoms with Gasteiger partial charge in [0.05, 0.1) is 12.0 Å². The molecule has 1 aromatic rings. The van der Waals surface area contributed by atoms with Crippen molar-refractivity contribution in [1.29, 1.82) is 0 Å². The molecule has 0 radical (unpaired) electrons. The van der Waals surface area contributed by atoms with E-state index < -0.39 is 18.0 Å². The van der Waals surface area contributed by atoms with E-state index in [1.54, 1.807) is 6.07 Å². The first-order valence-electron chi connectivity index (χ1n) is 4.29. The van der Waals surface area contributed by atoms with Gasteiger partial charge in [0.25, 0.3) is 0 Å². The summed E-state index contributed by atoms with van der Waals surface area (Å²) in [6.07, 6.45) is -1.13. The molecule has 0 saturated heterocycles. The van der Waals surface area contributed by atoms with E-state index in [4.69, 9.17) is 28.3 Å². The molecule has 2 atom stereocenters. The molecule has 0 aliphatic heterocycles. The molecule has 82 valence electrons. The van der Waals surface area contributed by atoms with Crippen LogP contribution in [-0.4, -0.2) is 16.2 Å². The molecule has 1 rings (SSSR count). The molecular weight excluding hydrogens is 239 g/mol. The standard InChI is InChI=1S/C10H10Cl2O3/c1-5(10(14)15)9(13)7-3-2-6(11)4-8(7)12/h2-5,9,13H,1H3,(H,14,15). The Kier molecular flexibility index (Phi) is 3.97. The third kappa shape index (κ3) is 2.84. The van der Waals surface area contributed by atoms with Gasteiger partial charge in [0, 0.05) is 15.6 Å². The van der Waals surface area contributed by atoms with E-state index in [9.17, 15) is 9.90 Å². The van der Waals surface area contributed by atoms with Crippen molar-refractivity contribution in [3.8, 4) is 0 Å². The van der Waals surface area contributed by atoms with Gasteiger partial charge in [0.2, 0.25) is 0 Å². The lowest BCUT2D eigenvalue weighted by atomic mass is 9.98. The lowest BCUT2D eigenvalue weighted by molar-refractivity contribution is -0.145. The molecule has 15 heavy (non-hydrogen) atoms. The number of halogens is 2. The minimum Gasteiger partial charge on any atom is -0.481 e. The van der Waals surface area contributed by atoms with Crippen molar-refractivity contribution in [1.82, 2.24) is 0 Å². The molecule has 2 N–H and O–H groups in total. The molecule has 0 heterocycles. The van der Waals surface area contributed by atoms with Gasteiger partial charge in [-0.05, 0) is 19.1 Å². The fourth-order valence-corrected chi connectivity index (χ4v) is 1.67. The Bertz CT molecular complexity index is 379. The van der Waals surface area contributed by atoms with Gasteiger partial charge in [-0.15, -0.1) is 0 Å². The van der Waals surface area contributed by atoms with Crippen LogP contribution in [0.5, 0.6) is 0 Å². The summed E-state index contributed by atoms with van der Waals surface area (Å²) in [5, 5.41) is 19.2. The van der Waals surface area contributed by atoms with Crippen molar-refractivity contribution < 1.29 is 15.0 Å². The average molecular weight is 249 g/mol. The maximum Gasteiger partial charge on any atom is 0.309 e. The Balaban J connectivity index is 3.01. The number of hydrogen-bond donors (Lipinski definition) is 2. The van der Waals surface area contributed by atoms with Crippen molar-refractivity contribution in [2.75, 3.05) is 0 Å². The summed E-state index contributed by atoms with van der Waals surface area (Å²) in [5.41, 5.74) is 0.371. The van der Waals surface area contributed by atoms with Crippen LogP contribution in [0.4, 0.5) is 0 Å². The highest BCUT2D eigenvalue weighted by Gasteiger charge is 2.24. The van der Waals surface area contributed by atoms with Crippen LogP contribution in [0.1, 0.15) is 18.6 Å². The smallest absolute Gasteiger partial charge is 0.309 e. The fraction of sp³-hybridized carbons (Fsp3) is 0.300. The molecule has 0 fully saturated rings. The van der Waals surface area contributed by atoms with Crippen molar-refractivity contribution in [2.24, 2.45) is 5.92 Å². The van der Waals surface area contributed by atoms with Crippen molar-refractivity contribution in [3.05, 3.63) is 33.8 Å². The SMILES string of the molecule is CC(C(=O)O)C(O)c1ccc(Cl)cc1Cl. The molecule has 0 bridgehead atoms. The number of aliphatic hydroxyl groups excluding tert-OH is 1. The molecule has 0 aliphatic rings. The molecule has 0 spiro atoms. The average Bonchev–Trinajstić information content (AvgIpc) is 2.15. The van der Waals surface area contributed by atoms with E-state index in [2.05, 4.69) is 0 Å². The van der Waals surface area contributed by atoms with E-state index >= 15 is 0 Å². The van der Waals surface area contributed by atoms with Crippen molar-refractivity contribution >= 4 is 29.2 Å². The molecular formula is C10H10Cl2O3. The normalized spacial score (nSPS) is 14.7. The number of carbonyl (C=O) groups is 1. The lowest BCUT2D eigenvalue weighted by Crippen LogP contribution is -2.18. The monoisotopic (exact) mass is 248 g/mol. The first-order chi connectivity index (χ1) is 6.93. The number of benzene rings is 1. The van der Waals surface area contributed by atoms with Crippen LogP contribution in [0, 0.1) is 5.92 Å². The van der Waals surface area contributed by atoms with Gasteiger partial charge >= 0.3 is 5.97 Å². The van der Waals surface area contributed by atoms with Gasteiger partial charge in [-0.2, -0.15) is 0 Å². The Labute approximate surface area is 97.2 Å². The van der Waals surface area contributed by atoms with Gasteiger partial charge in [-0.25, -0.2) is 0 Å². The molecule has 1 aromatic carbocycles. The summed E-state index contributed by atoms with van der Waals surface area (Å²) in [6, 6.07) is 4.55. The topological polar surface area (TPSA) is 57.5 Å². The van der Waals surface area contributed by atoms with Crippen LogP contribution in [0.2, 0.25) is 10.0 Å². The molecule has 2 unspecified atom stereocenters. The Morgan fingerprint density at radius 2 is 2.00 bits per heavy atom. The Morgan fingerprint density at radius 1 is 1.40 bits per heavy atom. The number of aliphatic carboxylic acids is 1. The number of carboxylic acid groups (broad SMARTS) is 1. The first-order valence-corrected chi connectivity index (χ1v) is 5.05. The maximum absolute atomic E-state index is 10.7. The number of aliphatic hydroxyl groups is 1. The summed E-state index contributed by atoms with van der Waals surface area (Å²) in [6.45, 7) is 1.41. The van der Waals surface area contributed by atoms with E-state index in [0.717, 1.165) is 0 Å². The zero-order valence-corrected chi connectivity index (χ0v) is 9.46. The minimum absolute atomic E-state index is 0.267. The number of rotatable bonds is 3. The van der Waals surface area contributed by atoms with Crippen LogP contribution in [0.3, 0.4) is 0 Å². The van der Waals surface area contributed by atoms with Crippen LogP contribution in [0.25, 0.3) is 0 Å². The fourth-order valence-electron chi connectivity index (χ4n) is 1.15. The lowest BCUT2D eigenvalue weighted by Gasteiger charge is -2.16. The minimum atomic E-state index is -1.13. The van der Waals surface area contributed by atoms with E-state index in [1.165, 1.54) is 19.1 Å². The Morgan fingerprint density at radius 3 is 2.47 bits per heavy atom. The third-order valence-corrected chi connectivity index (χ3v) is 2.71. The van der Waals surface area contributed by atoms with E-state index in [0.29, 0.717) is 10.6 Å². The number of carboxylic acids is 1. The van der Waals surface area contributed by atoms with Gasteiger partial charge in [-0.3, -0.25) is 4.79 Å². The zero-order valence-electron chi connectivity index (χ0n) is 7.95. The zero-order chi connectivity index (χ0) is 11.6. The summed E-state index contributed by atoms with van der Waals surface area (Å²) in [7, 11) is 0. The molecule has 3 nitrogen and oxygen atoms in total. The second kappa shape index (κ2) is 4.84. The molecule has 0 aromatic heterocycles. The highest BCUT2D eigenvalue weighted by atomic mass is 35.5. The van der Waals surface area contributed by atoms with Gasteiger partial charge in [-0.1, -0.05) is 29.3 Å². The van der Waals surface area contributed by atoms with Gasteiger partial charge in [0.15, 0.2) is 0 Å². The maximum atomic E-state index is 10.7. The van der Waals surface area contributed by atoms with E-state index in [1.807, 2.05) is 0 Å². The third-order valence-electron chi connectivity index (χ3n) is 2.14. The quantitative estimate of drug-likeness (QED) is 0.865. The van der Waals surface area contributed by atoms with Crippen LogP contribution in [-0.2, 0) is 4.79 Å². The summed E-state index contributed by atoms with van der Waals surface area (Å²) >= 11 is 11.5. The summed E-state index contributed by atoms with van der Waals surface area (Å²) < 4.78 is 0. The predicted octanol–water partition coefficient (Wildman–Crippen LogP) is 2.75. The van der Waals surface area contributed by atoms with E-state index in [-0.39, 0.29) is 5.02 Å².